The molecule has 4 aliphatic heterocycles. The second kappa shape index (κ2) is 10.5. The average molecular weight is 518 g/mol. The number of fused-ring (bicyclic) bond motifs is 2. The summed E-state index contributed by atoms with van der Waals surface area (Å²) in [5.74, 6) is -0.0294. The molecule has 1 spiro atoms. The van der Waals surface area contributed by atoms with Gasteiger partial charge in [0.25, 0.3) is 0 Å². The monoisotopic (exact) mass is 517 g/mol. The quantitative estimate of drug-likeness (QED) is 0.410. The van der Waals surface area contributed by atoms with Gasteiger partial charge >= 0.3 is 5.97 Å². The largest absolute Gasteiger partial charge is 0.497 e. The third-order valence-electron chi connectivity index (χ3n) is 8.80. The van der Waals surface area contributed by atoms with Crippen molar-refractivity contribution in [3.8, 4) is 5.75 Å². The average Bonchev–Trinajstić information content (AvgIpc) is 3.12. The van der Waals surface area contributed by atoms with E-state index in [0.717, 1.165) is 37.0 Å². The van der Waals surface area contributed by atoms with E-state index in [1.807, 2.05) is 38.1 Å². The van der Waals surface area contributed by atoms with Crippen molar-refractivity contribution in [1.82, 2.24) is 5.32 Å². The molecule has 0 radical (unpaired) electrons. The predicted molar refractivity (Wildman–Crippen MR) is 132 cm³/mol. The van der Waals surface area contributed by atoms with Crippen LogP contribution in [-0.4, -0.2) is 49.5 Å². The van der Waals surface area contributed by atoms with Gasteiger partial charge in [0, 0.05) is 31.2 Å². The van der Waals surface area contributed by atoms with Crippen molar-refractivity contribution in [2.75, 3.05) is 13.7 Å². The topological polar surface area (TPSA) is 102 Å². The Morgan fingerprint density at radius 1 is 1.05 bits per heavy atom. The Bertz CT molecular complexity index is 985. The molecule has 4 heterocycles. The number of hydrogen-bond acceptors (Lipinski definition) is 8. The molecule has 9 nitrogen and oxygen atoms in total. The highest BCUT2D eigenvalue weighted by Gasteiger charge is 2.69. The maximum absolute atomic E-state index is 12.7. The summed E-state index contributed by atoms with van der Waals surface area (Å²) in [6.07, 6.45) is 2.99. The molecule has 204 valence electrons. The minimum absolute atomic E-state index is 0.0146. The van der Waals surface area contributed by atoms with Crippen molar-refractivity contribution in [1.29, 1.82) is 0 Å². The van der Waals surface area contributed by atoms with Crippen molar-refractivity contribution in [2.45, 2.75) is 89.7 Å². The summed E-state index contributed by atoms with van der Waals surface area (Å²) in [4.78, 5) is 36.9. The fourth-order valence-corrected chi connectivity index (χ4v) is 6.64. The molecule has 8 atom stereocenters. The van der Waals surface area contributed by atoms with Crippen molar-refractivity contribution >= 4 is 11.9 Å². The lowest BCUT2D eigenvalue weighted by molar-refractivity contribution is -0.576. The van der Waals surface area contributed by atoms with E-state index in [9.17, 15) is 9.59 Å². The molecule has 0 aromatic heterocycles. The molecule has 9 heteroatoms. The third-order valence-corrected chi connectivity index (χ3v) is 8.80. The third kappa shape index (κ3) is 5.11. The molecule has 1 N–H and O–H groups in total. The van der Waals surface area contributed by atoms with Crippen molar-refractivity contribution < 1.29 is 38.3 Å². The maximum atomic E-state index is 12.7. The highest BCUT2D eigenvalue weighted by atomic mass is 17.3. The molecule has 6 rings (SSSR count). The first kappa shape index (κ1) is 26.4. The zero-order valence-corrected chi connectivity index (χ0v) is 22.2. The van der Waals surface area contributed by atoms with Crippen LogP contribution < -0.4 is 10.1 Å². The van der Waals surface area contributed by atoms with Crippen LogP contribution in [0.2, 0.25) is 0 Å². The standard InChI is InChI=1S/C28H39NO8/c1-17-5-10-22-18(2)25(34-26-28(22)21(17)13-15-27(3,35-26)36-37-28)33-24(31)12-11-23(30)29-16-14-19-6-8-20(32-4)9-7-19/h6-9,17-18,21-22,25-26H,5,10-16H2,1-4H3,(H,29,30)/t17-,18-,21+,22+,25-,26-,27-,28+/m1/s1. The zero-order chi connectivity index (χ0) is 26.2. The molecule has 4 saturated heterocycles. The van der Waals surface area contributed by atoms with Crippen molar-refractivity contribution in [2.24, 2.45) is 23.7 Å². The van der Waals surface area contributed by atoms with Crippen LogP contribution >= 0.6 is 0 Å². The molecule has 1 saturated carbocycles. The second-order valence-corrected chi connectivity index (χ2v) is 11.2. The first-order valence-electron chi connectivity index (χ1n) is 13.5. The number of nitrogens with one attached hydrogen (secondary N) is 1. The lowest BCUT2D eigenvalue weighted by Gasteiger charge is -2.59. The highest BCUT2D eigenvalue weighted by Crippen LogP contribution is 2.60. The van der Waals surface area contributed by atoms with Crippen LogP contribution in [0.1, 0.15) is 64.9 Å². The Kier molecular flexibility index (Phi) is 7.51. The number of methoxy groups -OCH3 is 1. The molecule has 2 bridgehead atoms. The van der Waals surface area contributed by atoms with E-state index in [1.54, 1.807) is 7.11 Å². The Hall–Kier alpha value is -2.20. The van der Waals surface area contributed by atoms with Crippen LogP contribution in [0.5, 0.6) is 5.75 Å². The summed E-state index contributed by atoms with van der Waals surface area (Å²) in [5.41, 5.74) is 0.401. The van der Waals surface area contributed by atoms with Crippen LogP contribution in [-0.2, 0) is 40.0 Å². The van der Waals surface area contributed by atoms with Gasteiger partial charge in [-0.15, -0.1) is 0 Å². The van der Waals surface area contributed by atoms with Gasteiger partial charge in [-0.1, -0.05) is 26.0 Å². The second-order valence-electron chi connectivity index (χ2n) is 11.2. The molecule has 5 fully saturated rings. The Morgan fingerprint density at radius 2 is 1.84 bits per heavy atom. The van der Waals surface area contributed by atoms with Crippen molar-refractivity contribution in [3.05, 3.63) is 29.8 Å². The van der Waals surface area contributed by atoms with Gasteiger partial charge in [0.1, 0.15) is 5.75 Å². The summed E-state index contributed by atoms with van der Waals surface area (Å²) >= 11 is 0. The summed E-state index contributed by atoms with van der Waals surface area (Å²) < 4.78 is 23.5. The fraction of sp³-hybridized carbons (Fsp3) is 0.714. The van der Waals surface area contributed by atoms with E-state index in [-0.39, 0.29) is 36.5 Å². The van der Waals surface area contributed by atoms with Crippen molar-refractivity contribution in [3.63, 3.8) is 0 Å². The number of carbonyl (C=O) groups is 2. The number of amides is 1. The lowest BCUT2D eigenvalue weighted by Crippen LogP contribution is -2.70. The Morgan fingerprint density at radius 3 is 2.59 bits per heavy atom. The van der Waals surface area contributed by atoms with Crippen LogP contribution in [0.25, 0.3) is 0 Å². The molecule has 1 amide bonds. The van der Waals surface area contributed by atoms with Crippen LogP contribution in [0.15, 0.2) is 24.3 Å². The van der Waals surface area contributed by atoms with E-state index < -0.39 is 29.9 Å². The van der Waals surface area contributed by atoms with Gasteiger partial charge in [-0.25, -0.2) is 9.78 Å². The fourth-order valence-electron chi connectivity index (χ4n) is 6.64. The van der Waals surface area contributed by atoms with E-state index in [0.29, 0.717) is 18.9 Å². The molecule has 1 aromatic rings. The van der Waals surface area contributed by atoms with Gasteiger partial charge in [0.05, 0.1) is 13.5 Å². The summed E-state index contributed by atoms with van der Waals surface area (Å²) in [7, 11) is 1.63. The number of hydrogen-bond donors (Lipinski definition) is 1. The van der Waals surface area contributed by atoms with E-state index in [1.165, 1.54) is 0 Å². The molecular weight excluding hydrogens is 478 g/mol. The number of benzene rings is 1. The summed E-state index contributed by atoms with van der Waals surface area (Å²) in [6.45, 7) is 6.66. The van der Waals surface area contributed by atoms with Crippen LogP contribution in [0, 0.1) is 23.7 Å². The van der Waals surface area contributed by atoms with Gasteiger partial charge in [-0.3, -0.25) is 9.59 Å². The smallest absolute Gasteiger partial charge is 0.308 e. The Labute approximate surface area is 218 Å². The van der Waals surface area contributed by atoms with Gasteiger partial charge in [-0.2, -0.15) is 0 Å². The van der Waals surface area contributed by atoms with Gasteiger partial charge in [0.15, 0.2) is 11.9 Å². The Balaban J connectivity index is 1.13. The predicted octanol–water partition coefficient (Wildman–Crippen LogP) is 3.89. The first-order chi connectivity index (χ1) is 17.7. The van der Waals surface area contributed by atoms with Gasteiger partial charge < -0.3 is 24.3 Å². The molecule has 5 aliphatic rings. The number of ether oxygens (including phenoxy) is 4. The minimum atomic E-state index is -0.878. The zero-order valence-electron chi connectivity index (χ0n) is 22.2. The molecule has 1 aliphatic carbocycles. The van der Waals surface area contributed by atoms with Crippen LogP contribution in [0.3, 0.4) is 0 Å². The minimum Gasteiger partial charge on any atom is -0.497 e. The molecule has 0 unspecified atom stereocenters. The summed E-state index contributed by atoms with van der Waals surface area (Å²) in [6, 6.07) is 7.72. The van der Waals surface area contributed by atoms with Gasteiger partial charge in [0.2, 0.25) is 18.0 Å². The van der Waals surface area contributed by atoms with E-state index in [2.05, 4.69) is 12.2 Å². The first-order valence-corrected chi connectivity index (χ1v) is 13.5. The lowest BCUT2D eigenvalue weighted by atomic mass is 9.58. The number of carbonyl (C=O) groups excluding carboxylic acids is 2. The molecular formula is C28H39NO8. The molecule has 37 heavy (non-hydrogen) atoms. The summed E-state index contributed by atoms with van der Waals surface area (Å²) in [5, 5.41) is 2.87. The van der Waals surface area contributed by atoms with Gasteiger partial charge in [-0.05, 0) is 62.1 Å². The number of esters is 1. The maximum Gasteiger partial charge on any atom is 0.308 e. The highest BCUT2D eigenvalue weighted by molar-refractivity contribution is 5.81. The normalized spacial score (nSPS) is 38.3. The number of rotatable bonds is 8. The van der Waals surface area contributed by atoms with E-state index >= 15 is 0 Å². The molecule has 1 aromatic carbocycles. The van der Waals surface area contributed by atoms with Crippen LogP contribution in [0.4, 0.5) is 0 Å². The SMILES string of the molecule is COc1ccc(CCNC(=O)CCC(=O)O[C@@H]2O[C@@H]3O[C@@]4(C)CC[C@H]5[C@H](C)CC[C@@H]([C@H]2C)[C@]35OO4)cc1. The van der Waals surface area contributed by atoms with E-state index in [4.69, 9.17) is 28.7 Å².